The van der Waals surface area contributed by atoms with Crippen LogP contribution < -0.4 is 14.9 Å². The standard InChI is InChI=1S/C19H24N4O3S/c1-4-23(5-2)18-12-9-16(14-21-18)22-19(24)13-8-15-6-10-17(11-7-15)27(25,26)20-3/h6-14,20H,4-5H2,1-3H3,(H,22,24)/b13-8+. The van der Waals surface area contributed by atoms with Gasteiger partial charge in [0.25, 0.3) is 0 Å². The van der Waals surface area contributed by atoms with Crippen LogP contribution in [0.4, 0.5) is 11.5 Å². The number of carbonyl (C=O) groups is 1. The molecule has 0 spiro atoms. The van der Waals surface area contributed by atoms with E-state index in [1.165, 1.54) is 25.3 Å². The fraction of sp³-hybridized carbons (Fsp3) is 0.263. The summed E-state index contributed by atoms with van der Waals surface area (Å²) < 4.78 is 25.6. The Morgan fingerprint density at radius 3 is 2.30 bits per heavy atom. The highest BCUT2D eigenvalue weighted by atomic mass is 32.2. The first kappa shape index (κ1) is 20.6. The van der Waals surface area contributed by atoms with E-state index in [1.54, 1.807) is 24.4 Å². The van der Waals surface area contributed by atoms with Gasteiger partial charge in [0.15, 0.2) is 0 Å². The monoisotopic (exact) mass is 388 g/mol. The SMILES string of the molecule is CCN(CC)c1ccc(NC(=O)/C=C/c2ccc(S(=O)(=O)NC)cc2)cn1. The van der Waals surface area contributed by atoms with Crippen LogP contribution in [-0.4, -0.2) is 39.4 Å². The first-order valence-corrected chi connectivity index (χ1v) is 10.1. The fourth-order valence-electron chi connectivity index (χ4n) is 2.43. The topological polar surface area (TPSA) is 91.4 Å². The first-order valence-electron chi connectivity index (χ1n) is 8.63. The molecule has 0 bridgehead atoms. The van der Waals surface area contributed by atoms with Crippen LogP contribution >= 0.6 is 0 Å². The summed E-state index contributed by atoms with van der Waals surface area (Å²) in [5.41, 5.74) is 1.33. The van der Waals surface area contributed by atoms with E-state index < -0.39 is 10.0 Å². The first-order chi connectivity index (χ1) is 12.9. The minimum Gasteiger partial charge on any atom is -0.357 e. The normalized spacial score (nSPS) is 11.5. The van der Waals surface area contributed by atoms with E-state index in [0.29, 0.717) is 5.69 Å². The van der Waals surface area contributed by atoms with Gasteiger partial charge in [0.2, 0.25) is 15.9 Å². The fourth-order valence-corrected chi connectivity index (χ4v) is 3.16. The van der Waals surface area contributed by atoms with Crippen molar-refractivity contribution in [2.45, 2.75) is 18.7 Å². The predicted molar refractivity (Wildman–Crippen MR) is 108 cm³/mol. The highest BCUT2D eigenvalue weighted by Gasteiger charge is 2.10. The van der Waals surface area contributed by atoms with E-state index in [2.05, 4.69) is 33.8 Å². The Labute approximate surface area is 160 Å². The number of hydrogen-bond acceptors (Lipinski definition) is 5. The van der Waals surface area contributed by atoms with Crippen molar-refractivity contribution < 1.29 is 13.2 Å². The Balaban J connectivity index is 1.99. The lowest BCUT2D eigenvalue weighted by molar-refractivity contribution is -0.111. The van der Waals surface area contributed by atoms with Crippen LogP contribution in [0.15, 0.2) is 53.6 Å². The molecule has 0 saturated carbocycles. The van der Waals surface area contributed by atoms with E-state index >= 15 is 0 Å². The van der Waals surface area contributed by atoms with Crippen molar-refractivity contribution >= 4 is 33.5 Å². The Morgan fingerprint density at radius 1 is 1.11 bits per heavy atom. The van der Waals surface area contributed by atoms with Gasteiger partial charge >= 0.3 is 0 Å². The molecule has 0 fully saturated rings. The number of nitrogens with one attached hydrogen (secondary N) is 2. The molecule has 1 amide bonds. The third kappa shape index (κ3) is 5.63. The van der Waals surface area contributed by atoms with Gasteiger partial charge in [-0.3, -0.25) is 4.79 Å². The van der Waals surface area contributed by atoms with Gasteiger partial charge in [-0.25, -0.2) is 18.1 Å². The van der Waals surface area contributed by atoms with Crippen molar-refractivity contribution in [1.82, 2.24) is 9.71 Å². The summed E-state index contributed by atoms with van der Waals surface area (Å²) in [7, 11) is -2.11. The van der Waals surface area contributed by atoms with Gasteiger partial charge in [-0.15, -0.1) is 0 Å². The molecule has 2 N–H and O–H groups in total. The number of rotatable bonds is 8. The summed E-state index contributed by atoms with van der Waals surface area (Å²) in [6.07, 6.45) is 4.62. The highest BCUT2D eigenvalue weighted by molar-refractivity contribution is 7.89. The van der Waals surface area contributed by atoms with Crippen LogP contribution in [0, 0.1) is 0 Å². The maximum atomic E-state index is 12.0. The summed E-state index contributed by atoms with van der Waals surface area (Å²) in [5, 5.41) is 2.75. The Morgan fingerprint density at radius 2 is 1.78 bits per heavy atom. The average molecular weight is 388 g/mol. The molecule has 0 aliphatic carbocycles. The van der Waals surface area contributed by atoms with Crippen LogP contribution in [0.5, 0.6) is 0 Å². The van der Waals surface area contributed by atoms with Crippen molar-refractivity contribution in [3.8, 4) is 0 Å². The molecule has 1 aromatic carbocycles. The van der Waals surface area contributed by atoms with Crippen LogP contribution in [-0.2, 0) is 14.8 Å². The maximum absolute atomic E-state index is 12.0. The van der Waals surface area contributed by atoms with Crippen molar-refractivity contribution in [2.24, 2.45) is 0 Å². The number of nitrogens with zero attached hydrogens (tertiary/aromatic N) is 2. The van der Waals surface area contributed by atoms with E-state index in [1.807, 2.05) is 12.1 Å². The predicted octanol–water partition coefficient (Wildman–Crippen LogP) is 2.49. The molecule has 2 rings (SSSR count). The highest BCUT2D eigenvalue weighted by Crippen LogP contribution is 2.14. The van der Waals surface area contributed by atoms with Crippen molar-refractivity contribution in [3.63, 3.8) is 0 Å². The molecular weight excluding hydrogens is 364 g/mol. The second-order valence-electron chi connectivity index (χ2n) is 5.68. The Bertz CT molecular complexity index is 888. The number of aromatic nitrogens is 1. The Hall–Kier alpha value is -2.71. The number of amides is 1. The molecule has 0 unspecified atom stereocenters. The van der Waals surface area contributed by atoms with Gasteiger partial charge in [0.1, 0.15) is 5.82 Å². The quantitative estimate of drug-likeness (QED) is 0.678. The summed E-state index contributed by atoms with van der Waals surface area (Å²) in [6, 6.07) is 9.92. The molecule has 8 heteroatoms. The molecule has 0 aliphatic rings. The number of hydrogen-bond donors (Lipinski definition) is 2. The van der Waals surface area contributed by atoms with Gasteiger partial charge in [-0.05, 0) is 56.8 Å². The second-order valence-corrected chi connectivity index (χ2v) is 7.56. The van der Waals surface area contributed by atoms with Gasteiger partial charge in [-0.1, -0.05) is 12.1 Å². The molecule has 0 aliphatic heterocycles. The summed E-state index contributed by atoms with van der Waals surface area (Å²) in [4.78, 5) is 18.7. The van der Waals surface area contributed by atoms with Crippen molar-refractivity contribution in [3.05, 3.63) is 54.2 Å². The molecule has 2 aromatic rings. The molecule has 0 atom stereocenters. The number of carbonyl (C=O) groups excluding carboxylic acids is 1. The van der Waals surface area contributed by atoms with E-state index in [9.17, 15) is 13.2 Å². The van der Waals surface area contributed by atoms with E-state index in [4.69, 9.17) is 0 Å². The molecule has 1 heterocycles. The van der Waals surface area contributed by atoms with E-state index in [0.717, 1.165) is 24.5 Å². The minimum absolute atomic E-state index is 0.172. The van der Waals surface area contributed by atoms with Crippen molar-refractivity contribution in [2.75, 3.05) is 30.4 Å². The number of anilines is 2. The third-order valence-corrected chi connectivity index (χ3v) is 5.42. The molecular formula is C19H24N4O3S. The number of pyridine rings is 1. The molecule has 27 heavy (non-hydrogen) atoms. The Kier molecular flexibility index (Phi) is 7.09. The van der Waals surface area contributed by atoms with Crippen LogP contribution in [0.2, 0.25) is 0 Å². The molecule has 0 radical (unpaired) electrons. The van der Waals surface area contributed by atoms with Crippen LogP contribution in [0.25, 0.3) is 6.08 Å². The lowest BCUT2D eigenvalue weighted by Gasteiger charge is -2.19. The van der Waals surface area contributed by atoms with E-state index in [-0.39, 0.29) is 10.8 Å². The average Bonchev–Trinajstić information content (AvgIpc) is 2.69. The maximum Gasteiger partial charge on any atom is 0.248 e. The lowest BCUT2D eigenvalue weighted by Crippen LogP contribution is -2.22. The van der Waals surface area contributed by atoms with Crippen molar-refractivity contribution in [1.29, 1.82) is 0 Å². The molecule has 144 valence electrons. The number of benzene rings is 1. The zero-order valence-electron chi connectivity index (χ0n) is 15.6. The zero-order valence-corrected chi connectivity index (χ0v) is 16.5. The number of sulfonamides is 1. The largest absolute Gasteiger partial charge is 0.357 e. The zero-order chi connectivity index (χ0) is 19.9. The summed E-state index contributed by atoms with van der Waals surface area (Å²) >= 11 is 0. The van der Waals surface area contributed by atoms with Gasteiger partial charge in [0.05, 0.1) is 16.8 Å². The van der Waals surface area contributed by atoms with Gasteiger partial charge < -0.3 is 10.2 Å². The third-order valence-electron chi connectivity index (χ3n) is 3.99. The summed E-state index contributed by atoms with van der Waals surface area (Å²) in [6.45, 7) is 5.86. The van der Waals surface area contributed by atoms with Gasteiger partial charge in [-0.2, -0.15) is 0 Å². The minimum atomic E-state index is -3.46. The summed E-state index contributed by atoms with van der Waals surface area (Å²) in [5.74, 6) is 0.574. The molecule has 7 nitrogen and oxygen atoms in total. The van der Waals surface area contributed by atoms with Gasteiger partial charge in [0, 0.05) is 19.2 Å². The van der Waals surface area contributed by atoms with Crippen LogP contribution in [0.3, 0.4) is 0 Å². The molecule has 0 saturated heterocycles. The second kappa shape index (κ2) is 9.29. The van der Waals surface area contributed by atoms with Crippen LogP contribution in [0.1, 0.15) is 19.4 Å². The molecule has 1 aromatic heterocycles. The lowest BCUT2D eigenvalue weighted by atomic mass is 10.2. The smallest absolute Gasteiger partial charge is 0.248 e.